The van der Waals surface area contributed by atoms with Gasteiger partial charge in [0.1, 0.15) is 35.7 Å². The van der Waals surface area contributed by atoms with Gasteiger partial charge in [-0.15, -0.1) is 0 Å². The second kappa shape index (κ2) is 28.2. The van der Waals surface area contributed by atoms with E-state index in [0.717, 1.165) is 12.0 Å². The van der Waals surface area contributed by atoms with Gasteiger partial charge in [0, 0.05) is 68.9 Å². The molecule has 5 aliphatic heterocycles. The van der Waals surface area contributed by atoms with E-state index in [-0.39, 0.29) is 60.6 Å². The van der Waals surface area contributed by atoms with Crippen molar-refractivity contribution in [2.75, 3.05) is 13.7 Å². The van der Waals surface area contributed by atoms with E-state index in [0.29, 0.717) is 56.9 Å². The second-order valence-electron chi connectivity index (χ2n) is 23.9. The first-order valence-corrected chi connectivity index (χ1v) is 29.0. The number of methoxy groups -OCH3 is 1. The lowest BCUT2D eigenvalue weighted by Crippen LogP contribution is -2.71. The van der Waals surface area contributed by atoms with Crippen LogP contribution >= 0.6 is 0 Å². The number of phenolic OH excluding ortho intramolecular Hbond substituents is 1. The number of fused-ring (bicyclic) bond motifs is 3. The lowest BCUT2D eigenvalue weighted by molar-refractivity contribution is -0.280. The number of cyclic esters (lactones) is 1. The maximum atomic E-state index is 14.6. The highest BCUT2D eigenvalue weighted by molar-refractivity contribution is 5.93. The first kappa shape index (κ1) is 63.2. The Kier molecular flexibility index (Phi) is 22.5. The number of piperidine rings is 1. The zero-order valence-electron chi connectivity index (χ0n) is 48.6. The molecular weight excluding hydrogens is 1010 g/mol. The van der Waals surface area contributed by atoms with Crippen molar-refractivity contribution in [1.29, 1.82) is 0 Å². The van der Waals surface area contributed by atoms with Crippen molar-refractivity contribution < 1.29 is 63.3 Å². The van der Waals surface area contributed by atoms with Gasteiger partial charge in [-0.05, 0) is 93.9 Å². The molecule has 18 nitrogen and oxygen atoms in total. The van der Waals surface area contributed by atoms with E-state index in [2.05, 4.69) is 28.3 Å². The lowest BCUT2D eigenvalue weighted by atomic mass is 9.69. The average Bonchev–Trinajstić information content (AvgIpc) is 3.55. The Morgan fingerprint density at radius 2 is 1.72 bits per heavy atom. The molecule has 8 N–H and O–H groups in total. The number of allylic oxidation sites excluding steroid dienone is 5. The van der Waals surface area contributed by atoms with Gasteiger partial charge in [0.05, 0.1) is 36.4 Å². The number of esters is 1. The molecule has 18 atom stereocenters. The molecule has 0 saturated carbocycles. The summed E-state index contributed by atoms with van der Waals surface area (Å²) < 4.78 is 25.2. The summed E-state index contributed by atoms with van der Waals surface area (Å²) in [7, 11) is 1.53. The third-order valence-corrected chi connectivity index (χ3v) is 17.8. The highest BCUT2D eigenvalue weighted by Gasteiger charge is 2.57. The van der Waals surface area contributed by atoms with Crippen molar-refractivity contribution >= 4 is 29.6 Å². The van der Waals surface area contributed by atoms with Gasteiger partial charge in [0.15, 0.2) is 5.79 Å². The molecule has 1 spiro atoms. The molecule has 1 aromatic carbocycles. The number of amides is 4. The smallest absolute Gasteiger partial charge is 0.325 e. The van der Waals surface area contributed by atoms with Gasteiger partial charge < -0.3 is 55.3 Å². The largest absolute Gasteiger partial charge is 0.508 e. The van der Waals surface area contributed by atoms with Crippen molar-refractivity contribution in [2.24, 2.45) is 47.3 Å². The quantitative estimate of drug-likeness (QED) is 0.0807. The number of ether oxygens (including phenoxy) is 4. The third kappa shape index (κ3) is 15.7. The van der Waals surface area contributed by atoms with Crippen LogP contribution in [-0.4, -0.2) is 135 Å². The summed E-state index contributed by atoms with van der Waals surface area (Å²) >= 11 is 0. The summed E-state index contributed by atoms with van der Waals surface area (Å²) in [6.45, 7) is 19.2. The van der Waals surface area contributed by atoms with Crippen LogP contribution < -0.4 is 21.4 Å². The molecular formula is C61H93N5O13. The van der Waals surface area contributed by atoms with Crippen LogP contribution in [-0.2, 0) is 49.3 Å². The SMILES string of the molecule is CC[C@H]1C[C@H](C)[C@@]2(NC1=O)O[C@@H](C[C@H](O)[C@@H](C)CC/C=C/C=C(\C)[C@@H]1CC=CC=C[C@H](O)[C@H](C)[C@H]3O[C@](C)(OC)CC[C@H]3C(=O)N[C@@H](C(C)C)C(=O)N[C@@H](Cc3cccc(O)c3)C(=O)N3CCC[C@H](N3)C(=O)O1)[C@H](C)[C@H](O)[C@@H]2C. The average molecular weight is 1100 g/mol. The molecule has 0 unspecified atom stereocenters. The van der Waals surface area contributed by atoms with Crippen LogP contribution in [0.1, 0.15) is 139 Å². The Morgan fingerprint density at radius 3 is 2.42 bits per heavy atom. The van der Waals surface area contributed by atoms with Crippen LogP contribution in [0.3, 0.4) is 0 Å². The second-order valence-corrected chi connectivity index (χ2v) is 23.9. The monoisotopic (exact) mass is 1100 g/mol. The number of aromatic hydroxyl groups is 1. The molecule has 440 valence electrons. The maximum absolute atomic E-state index is 14.6. The number of aliphatic hydroxyl groups is 3. The summed E-state index contributed by atoms with van der Waals surface area (Å²) in [5.41, 5.74) is 3.39. The van der Waals surface area contributed by atoms with Crippen molar-refractivity contribution in [3.63, 3.8) is 0 Å². The molecule has 4 fully saturated rings. The molecule has 18 heteroatoms. The van der Waals surface area contributed by atoms with Gasteiger partial charge in [0.25, 0.3) is 5.91 Å². The van der Waals surface area contributed by atoms with Crippen LogP contribution in [0.5, 0.6) is 5.75 Å². The number of carbonyl (C=O) groups is 5. The summed E-state index contributed by atoms with van der Waals surface area (Å²) in [6.07, 6.45) is 13.0. The van der Waals surface area contributed by atoms with Crippen molar-refractivity contribution in [3.8, 4) is 5.75 Å². The molecule has 0 aliphatic carbocycles. The number of hydrogen-bond acceptors (Lipinski definition) is 14. The Morgan fingerprint density at radius 1 is 0.975 bits per heavy atom. The van der Waals surface area contributed by atoms with Crippen molar-refractivity contribution in [2.45, 2.75) is 206 Å². The zero-order chi connectivity index (χ0) is 57.9. The Labute approximate surface area is 468 Å². The van der Waals surface area contributed by atoms with E-state index in [1.165, 1.54) is 24.3 Å². The molecule has 0 radical (unpaired) electrons. The summed E-state index contributed by atoms with van der Waals surface area (Å²) in [6, 6.07) is 3.25. The molecule has 4 saturated heterocycles. The van der Waals surface area contributed by atoms with E-state index >= 15 is 0 Å². The standard InChI is InChI=1S/C61H93N5O13/c1-12-43-31-38(6)61(64-55(43)71)41(9)53(70)40(8)51(78-61)34-49(69)36(4)21-15-13-16-22-37(5)50-27-18-14-17-26-48(68)39(7)54-45(28-29-60(10,76-11)79-54)56(72)63-52(35(2)3)57(73)62-47(33-42-23-19-24-44(67)32-42)58(74)66-30-20-25-46(65-66)59(75)77-50/h13-14,16-19,22-24,26,32,35-36,38-41,43,45-54,65,67-70H,12,15,20-21,25,27-31,33-34H2,1-11H3,(H,62,73)(H,63,72)(H,64,71)/b16-13+,18-14?,26-17?,37-22+/t36-,38-,39-,40-,41-,43-,45+,46-,47-,48-,49-,50-,51-,52-,53-,54+,60-,61+/m0/s1. The first-order chi connectivity index (χ1) is 37.4. The number of hydrazine groups is 1. The van der Waals surface area contributed by atoms with Gasteiger partial charge in [-0.1, -0.05) is 110 Å². The number of hydrogen-bond donors (Lipinski definition) is 8. The van der Waals surface area contributed by atoms with E-state index in [1.54, 1.807) is 58.1 Å². The Balaban J connectivity index is 1.20. The van der Waals surface area contributed by atoms with Crippen molar-refractivity contribution in [1.82, 2.24) is 26.4 Å². The lowest BCUT2D eigenvalue weighted by Gasteiger charge is -2.56. The fourth-order valence-corrected chi connectivity index (χ4v) is 12.1. The van der Waals surface area contributed by atoms with Gasteiger partial charge in [-0.2, -0.15) is 0 Å². The minimum Gasteiger partial charge on any atom is -0.508 e. The zero-order valence-corrected chi connectivity index (χ0v) is 48.6. The van der Waals surface area contributed by atoms with Gasteiger partial charge in [-0.3, -0.25) is 29.0 Å². The van der Waals surface area contributed by atoms with Gasteiger partial charge in [-0.25, -0.2) is 5.43 Å². The minimum atomic E-state index is -1.17. The molecule has 4 amide bonds. The summed E-state index contributed by atoms with van der Waals surface area (Å²) in [5.74, 6) is -5.81. The van der Waals surface area contributed by atoms with E-state index in [4.69, 9.17) is 18.9 Å². The molecule has 2 bridgehead atoms. The molecule has 79 heavy (non-hydrogen) atoms. The molecule has 5 aliphatic rings. The van der Waals surface area contributed by atoms with Crippen LogP contribution in [0.4, 0.5) is 0 Å². The fourth-order valence-electron chi connectivity index (χ4n) is 12.1. The fraction of sp³-hybridized carbons (Fsp3) is 0.689. The summed E-state index contributed by atoms with van der Waals surface area (Å²) in [4.78, 5) is 70.6. The highest BCUT2D eigenvalue weighted by atomic mass is 16.7. The van der Waals surface area contributed by atoms with Gasteiger partial charge in [0.2, 0.25) is 17.7 Å². The van der Waals surface area contributed by atoms with Crippen LogP contribution in [0.2, 0.25) is 0 Å². The number of nitrogens with one attached hydrogen (secondary N) is 4. The molecule has 5 heterocycles. The first-order valence-electron chi connectivity index (χ1n) is 29.0. The van der Waals surface area contributed by atoms with Crippen molar-refractivity contribution in [3.05, 3.63) is 77.9 Å². The van der Waals surface area contributed by atoms with Crippen LogP contribution in [0.15, 0.2) is 72.4 Å². The topological polar surface area (TPSA) is 255 Å². The third-order valence-electron chi connectivity index (χ3n) is 17.8. The molecule has 6 rings (SSSR count). The number of rotatable bonds is 13. The molecule has 1 aromatic rings. The molecule has 0 aromatic heterocycles. The van der Waals surface area contributed by atoms with Gasteiger partial charge >= 0.3 is 5.97 Å². The number of phenols is 1. The normalized spacial score (nSPS) is 36.6. The van der Waals surface area contributed by atoms with Crippen LogP contribution in [0, 0.1) is 47.3 Å². The summed E-state index contributed by atoms with van der Waals surface area (Å²) in [5, 5.41) is 55.2. The number of aliphatic hydroxyl groups excluding tert-OH is 3. The number of nitrogens with zero attached hydrogens (tertiary/aromatic N) is 1. The Hall–Kier alpha value is -4.95. The van der Waals surface area contributed by atoms with Crippen LogP contribution in [0.25, 0.3) is 0 Å². The number of carbonyl (C=O) groups excluding carboxylic acids is 5. The Bertz CT molecular complexity index is 2380. The highest BCUT2D eigenvalue weighted by Crippen LogP contribution is 2.46. The maximum Gasteiger partial charge on any atom is 0.325 e. The van der Waals surface area contributed by atoms with E-state index in [9.17, 15) is 44.4 Å². The predicted molar refractivity (Wildman–Crippen MR) is 299 cm³/mol. The number of benzene rings is 1. The minimum absolute atomic E-state index is 0.00586. The van der Waals surface area contributed by atoms with E-state index < -0.39 is 108 Å². The predicted octanol–water partition coefficient (Wildman–Crippen LogP) is 6.22. The van der Waals surface area contributed by atoms with E-state index in [1.807, 2.05) is 58.9 Å².